The molecule has 2 heteroatoms. The van der Waals surface area contributed by atoms with Crippen LogP contribution in [-0.2, 0) is 0 Å². The highest BCUT2D eigenvalue weighted by atomic mass is 15.3. The van der Waals surface area contributed by atoms with Gasteiger partial charge in [-0.15, -0.1) is 0 Å². The predicted molar refractivity (Wildman–Crippen MR) is 74.5 cm³/mol. The van der Waals surface area contributed by atoms with Crippen LogP contribution in [0.15, 0.2) is 0 Å². The molecule has 4 fully saturated rings. The van der Waals surface area contributed by atoms with E-state index in [9.17, 15) is 0 Å². The first kappa shape index (κ1) is 11.7. The first-order valence-electron chi connectivity index (χ1n) is 8.28. The fourth-order valence-corrected chi connectivity index (χ4v) is 5.63. The van der Waals surface area contributed by atoms with E-state index in [0.29, 0.717) is 0 Å². The molecular weight excluding hydrogens is 220 g/mol. The Morgan fingerprint density at radius 2 is 1.89 bits per heavy atom. The molecule has 1 heterocycles. The zero-order valence-corrected chi connectivity index (χ0v) is 11.9. The molecule has 1 aliphatic heterocycles. The highest BCUT2D eigenvalue weighted by molar-refractivity contribution is 5.18. The van der Waals surface area contributed by atoms with Crippen LogP contribution >= 0.6 is 0 Å². The fourth-order valence-electron chi connectivity index (χ4n) is 5.63. The Hall–Kier alpha value is -0.0800. The zero-order valence-electron chi connectivity index (χ0n) is 11.9. The Morgan fingerprint density at radius 3 is 2.56 bits per heavy atom. The van der Waals surface area contributed by atoms with Gasteiger partial charge >= 0.3 is 0 Å². The summed E-state index contributed by atoms with van der Waals surface area (Å²) in [6.45, 7) is 7.29. The van der Waals surface area contributed by atoms with E-state index >= 15 is 0 Å². The Kier molecular flexibility index (Phi) is 2.74. The second-order valence-electron chi connectivity index (χ2n) is 7.42. The highest BCUT2D eigenvalue weighted by Crippen LogP contribution is 2.67. The number of hydrogen-bond acceptors (Lipinski definition) is 2. The average Bonchev–Trinajstić information content (AvgIpc) is 2.79. The van der Waals surface area contributed by atoms with Crippen molar-refractivity contribution in [3.05, 3.63) is 0 Å². The van der Waals surface area contributed by atoms with Crippen LogP contribution in [0.5, 0.6) is 0 Å². The van der Waals surface area contributed by atoms with Crippen LogP contribution in [0.2, 0.25) is 0 Å². The molecule has 0 spiro atoms. The Morgan fingerprint density at radius 1 is 1.17 bits per heavy atom. The second kappa shape index (κ2) is 4.21. The van der Waals surface area contributed by atoms with Gasteiger partial charge in [0.15, 0.2) is 0 Å². The highest BCUT2D eigenvalue weighted by Gasteiger charge is 2.67. The van der Waals surface area contributed by atoms with E-state index in [1.807, 2.05) is 0 Å². The van der Waals surface area contributed by atoms with Gasteiger partial charge in [0.1, 0.15) is 0 Å². The lowest BCUT2D eigenvalue weighted by Crippen LogP contribution is -2.56. The van der Waals surface area contributed by atoms with Gasteiger partial charge in [-0.25, -0.2) is 0 Å². The van der Waals surface area contributed by atoms with Crippen molar-refractivity contribution in [2.24, 2.45) is 23.7 Å². The normalized spacial score (nSPS) is 54.7. The summed E-state index contributed by atoms with van der Waals surface area (Å²) in [6, 6.07) is 2.53. The molecule has 1 N–H and O–H groups in total. The van der Waals surface area contributed by atoms with Gasteiger partial charge < -0.3 is 5.32 Å². The Labute approximate surface area is 111 Å². The van der Waals surface area contributed by atoms with Crippen molar-refractivity contribution < 1.29 is 0 Å². The smallest absolute Gasteiger partial charge is 0.0196 e. The zero-order chi connectivity index (χ0) is 12.3. The maximum atomic E-state index is 3.74. The van der Waals surface area contributed by atoms with E-state index < -0.39 is 0 Å². The van der Waals surface area contributed by atoms with Crippen LogP contribution in [0.1, 0.15) is 46.0 Å². The molecule has 3 saturated carbocycles. The minimum atomic E-state index is 0.769. The third-order valence-corrected chi connectivity index (χ3v) is 6.41. The van der Waals surface area contributed by atoms with E-state index in [-0.39, 0.29) is 0 Å². The van der Waals surface area contributed by atoms with E-state index in [1.54, 1.807) is 19.3 Å². The molecular formula is C16H28N2. The topological polar surface area (TPSA) is 15.3 Å². The Bertz CT molecular complexity index is 313. The van der Waals surface area contributed by atoms with E-state index in [2.05, 4.69) is 24.1 Å². The molecule has 0 aromatic rings. The molecule has 0 aromatic carbocycles. The molecule has 2 bridgehead atoms. The monoisotopic (exact) mass is 248 g/mol. The standard InChI is InChI=1S/C16H28N2/c1-3-4-13-9-18(10(2)8-17-13)16-14-11-5-6-12(7-11)15(14)16/h10-17H,3-9H2,1-2H3. The summed E-state index contributed by atoms with van der Waals surface area (Å²) in [5, 5.41) is 3.74. The van der Waals surface area contributed by atoms with Gasteiger partial charge in [-0.2, -0.15) is 0 Å². The summed E-state index contributed by atoms with van der Waals surface area (Å²) in [4.78, 5) is 2.90. The van der Waals surface area contributed by atoms with Gasteiger partial charge in [0.2, 0.25) is 0 Å². The third-order valence-electron chi connectivity index (χ3n) is 6.41. The summed E-state index contributed by atoms with van der Waals surface area (Å²) < 4.78 is 0. The summed E-state index contributed by atoms with van der Waals surface area (Å²) in [5.74, 6) is 4.48. The number of nitrogens with one attached hydrogen (secondary N) is 1. The molecule has 4 aliphatic rings. The predicted octanol–water partition coefficient (Wildman–Crippen LogP) is 2.49. The van der Waals surface area contributed by atoms with Crippen LogP contribution in [-0.4, -0.2) is 36.1 Å². The van der Waals surface area contributed by atoms with Crippen molar-refractivity contribution >= 4 is 0 Å². The van der Waals surface area contributed by atoms with Crippen molar-refractivity contribution in [1.29, 1.82) is 0 Å². The molecule has 6 atom stereocenters. The van der Waals surface area contributed by atoms with Gasteiger partial charge in [-0.1, -0.05) is 13.3 Å². The average molecular weight is 248 g/mol. The van der Waals surface area contributed by atoms with Gasteiger partial charge in [0.25, 0.3) is 0 Å². The lowest BCUT2D eigenvalue weighted by molar-refractivity contribution is 0.107. The van der Waals surface area contributed by atoms with Gasteiger partial charge in [-0.3, -0.25) is 4.90 Å². The minimum Gasteiger partial charge on any atom is -0.311 e. The molecule has 3 aliphatic carbocycles. The third kappa shape index (κ3) is 1.61. The summed E-state index contributed by atoms with van der Waals surface area (Å²) in [5.41, 5.74) is 0. The van der Waals surface area contributed by atoms with Crippen molar-refractivity contribution in [3.8, 4) is 0 Å². The minimum absolute atomic E-state index is 0.769. The first-order chi connectivity index (χ1) is 8.79. The van der Waals surface area contributed by atoms with Crippen molar-refractivity contribution in [2.45, 2.75) is 64.1 Å². The maximum Gasteiger partial charge on any atom is 0.0196 e. The summed E-state index contributed by atoms with van der Waals surface area (Å²) in [6.07, 6.45) is 7.38. The van der Waals surface area contributed by atoms with Gasteiger partial charge in [0.05, 0.1) is 0 Å². The van der Waals surface area contributed by atoms with Crippen LogP contribution in [0.4, 0.5) is 0 Å². The van der Waals surface area contributed by atoms with Crippen LogP contribution < -0.4 is 5.32 Å². The lowest BCUT2D eigenvalue weighted by atomic mass is 10.0. The van der Waals surface area contributed by atoms with Crippen molar-refractivity contribution in [2.75, 3.05) is 13.1 Å². The maximum absolute atomic E-state index is 3.74. The van der Waals surface area contributed by atoms with E-state index in [1.165, 1.54) is 25.9 Å². The van der Waals surface area contributed by atoms with Gasteiger partial charge in [-0.05, 0) is 56.3 Å². The molecule has 6 unspecified atom stereocenters. The van der Waals surface area contributed by atoms with Crippen LogP contribution in [0.3, 0.4) is 0 Å². The number of fused-ring (bicyclic) bond motifs is 5. The SMILES string of the molecule is CCCC1CN(C2C3C4CCC(C4)C32)C(C)CN1. The molecule has 1 saturated heterocycles. The molecule has 0 radical (unpaired) electrons. The molecule has 18 heavy (non-hydrogen) atoms. The summed E-state index contributed by atoms with van der Waals surface area (Å²) >= 11 is 0. The van der Waals surface area contributed by atoms with Crippen LogP contribution in [0, 0.1) is 23.7 Å². The molecule has 0 aromatic heterocycles. The number of piperazine rings is 1. The fraction of sp³-hybridized carbons (Fsp3) is 1.00. The van der Waals surface area contributed by atoms with Crippen LogP contribution in [0.25, 0.3) is 0 Å². The second-order valence-corrected chi connectivity index (χ2v) is 7.42. The Balaban J connectivity index is 1.45. The van der Waals surface area contributed by atoms with Crippen molar-refractivity contribution in [3.63, 3.8) is 0 Å². The largest absolute Gasteiger partial charge is 0.311 e. The molecule has 2 nitrogen and oxygen atoms in total. The molecule has 4 rings (SSSR count). The van der Waals surface area contributed by atoms with E-state index in [0.717, 1.165) is 41.8 Å². The van der Waals surface area contributed by atoms with Gasteiger partial charge in [0, 0.05) is 31.2 Å². The number of nitrogens with zero attached hydrogens (tertiary/aromatic N) is 1. The van der Waals surface area contributed by atoms with Crippen molar-refractivity contribution in [1.82, 2.24) is 10.2 Å². The van der Waals surface area contributed by atoms with E-state index in [4.69, 9.17) is 0 Å². The molecule has 102 valence electrons. The quantitative estimate of drug-likeness (QED) is 0.825. The first-order valence-corrected chi connectivity index (χ1v) is 8.28. The lowest BCUT2D eigenvalue weighted by Gasteiger charge is -2.40. The molecule has 0 amide bonds. The summed E-state index contributed by atoms with van der Waals surface area (Å²) in [7, 11) is 0. The number of hydrogen-bond donors (Lipinski definition) is 1. The number of rotatable bonds is 3.